The number of rotatable bonds is 2. The highest BCUT2D eigenvalue weighted by Gasteiger charge is 2.55. The molecule has 4 heterocycles. The molecule has 4 aliphatic rings. The van der Waals surface area contributed by atoms with Crippen molar-refractivity contribution in [1.82, 2.24) is 9.58 Å². The molecule has 190 valence electrons. The zero-order chi connectivity index (χ0) is 25.1. The zero-order valence-corrected chi connectivity index (χ0v) is 21.6. The van der Waals surface area contributed by atoms with E-state index in [2.05, 4.69) is 59.6 Å². The first kappa shape index (κ1) is 23.0. The van der Waals surface area contributed by atoms with Gasteiger partial charge in [0.15, 0.2) is 11.4 Å². The van der Waals surface area contributed by atoms with E-state index in [1.807, 2.05) is 21.3 Å². The SMILES string of the molecule is O=C1c2c(O)c(=O)ccn2N(C2c3ccccc3SC3(c4ccccc4)CCCCC23)C2CCCCN12. The van der Waals surface area contributed by atoms with Gasteiger partial charge in [0.1, 0.15) is 6.17 Å². The van der Waals surface area contributed by atoms with E-state index in [4.69, 9.17) is 0 Å². The van der Waals surface area contributed by atoms with Crippen molar-refractivity contribution in [3.05, 3.63) is 93.9 Å². The van der Waals surface area contributed by atoms with Crippen LogP contribution < -0.4 is 10.4 Å². The fourth-order valence-electron chi connectivity index (χ4n) is 7.34. The van der Waals surface area contributed by atoms with E-state index in [9.17, 15) is 14.7 Å². The number of thioether (sulfide) groups is 1. The smallest absolute Gasteiger partial charge is 0.278 e. The molecule has 7 heteroatoms. The molecule has 7 rings (SSSR count). The minimum Gasteiger partial charge on any atom is -0.502 e. The van der Waals surface area contributed by atoms with Gasteiger partial charge in [-0.3, -0.25) is 19.3 Å². The lowest BCUT2D eigenvalue weighted by Gasteiger charge is -2.58. The van der Waals surface area contributed by atoms with Crippen molar-refractivity contribution in [2.75, 3.05) is 11.6 Å². The Kier molecular flexibility index (Phi) is 5.39. The first-order chi connectivity index (χ1) is 18.1. The normalized spacial score (nSPS) is 28.6. The highest BCUT2D eigenvalue weighted by Crippen LogP contribution is 2.63. The van der Waals surface area contributed by atoms with Crippen LogP contribution in [0, 0.1) is 5.92 Å². The Morgan fingerprint density at radius 3 is 2.54 bits per heavy atom. The quantitative estimate of drug-likeness (QED) is 0.498. The van der Waals surface area contributed by atoms with E-state index in [0.717, 1.165) is 32.1 Å². The summed E-state index contributed by atoms with van der Waals surface area (Å²) in [4.78, 5) is 29.3. The first-order valence-corrected chi connectivity index (χ1v) is 14.3. The van der Waals surface area contributed by atoms with Crippen LogP contribution in [0.4, 0.5) is 0 Å². The van der Waals surface area contributed by atoms with Crippen molar-refractivity contribution in [3.63, 3.8) is 0 Å². The van der Waals surface area contributed by atoms with Gasteiger partial charge in [-0.2, -0.15) is 0 Å². The number of pyridine rings is 1. The number of carbonyl (C=O) groups is 1. The predicted octanol–water partition coefficient (Wildman–Crippen LogP) is 5.39. The Hall–Kier alpha value is -3.19. The van der Waals surface area contributed by atoms with Crippen LogP contribution in [0.1, 0.15) is 72.6 Å². The number of carbonyl (C=O) groups excluding carboxylic acids is 1. The Morgan fingerprint density at radius 1 is 0.892 bits per heavy atom. The van der Waals surface area contributed by atoms with Gasteiger partial charge in [-0.25, -0.2) is 0 Å². The van der Waals surface area contributed by atoms with E-state index >= 15 is 0 Å². The van der Waals surface area contributed by atoms with Gasteiger partial charge < -0.3 is 10.0 Å². The highest BCUT2D eigenvalue weighted by atomic mass is 32.2. The number of benzene rings is 2. The molecule has 3 aliphatic heterocycles. The molecule has 1 aromatic heterocycles. The summed E-state index contributed by atoms with van der Waals surface area (Å²) < 4.78 is 1.74. The molecule has 2 aromatic carbocycles. The van der Waals surface area contributed by atoms with Gasteiger partial charge in [0.2, 0.25) is 5.43 Å². The van der Waals surface area contributed by atoms with Gasteiger partial charge in [-0.1, -0.05) is 61.4 Å². The van der Waals surface area contributed by atoms with Gasteiger partial charge in [-0.05, 0) is 49.3 Å². The van der Waals surface area contributed by atoms with Gasteiger partial charge in [0.25, 0.3) is 5.91 Å². The van der Waals surface area contributed by atoms with Crippen molar-refractivity contribution in [1.29, 1.82) is 0 Å². The maximum atomic E-state index is 13.6. The lowest BCUT2D eigenvalue weighted by Crippen LogP contribution is -2.65. The molecular weight excluding hydrogens is 482 g/mol. The summed E-state index contributed by atoms with van der Waals surface area (Å²) >= 11 is 2.01. The largest absolute Gasteiger partial charge is 0.502 e. The molecule has 37 heavy (non-hydrogen) atoms. The molecule has 4 atom stereocenters. The number of aromatic nitrogens is 1. The number of amides is 1. The van der Waals surface area contributed by atoms with Crippen LogP contribution in [0.3, 0.4) is 0 Å². The van der Waals surface area contributed by atoms with Crippen molar-refractivity contribution in [2.45, 2.75) is 66.8 Å². The van der Waals surface area contributed by atoms with Crippen molar-refractivity contribution >= 4 is 17.7 Å². The average molecular weight is 514 g/mol. The van der Waals surface area contributed by atoms with E-state index in [1.165, 1.54) is 34.9 Å². The molecule has 1 aliphatic carbocycles. The van der Waals surface area contributed by atoms with Gasteiger partial charge in [0, 0.05) is 29.6 Å². The second kappa shape index (κ2) is 8.69. The number of aromatic hydroxyl groups is 1. The third kappa shape index (κ3) is 3.32. The first-order valence-electron chi connectivity index (χ1n) is 13.5. The second-order valence-corrected chi connectivity index (χ2v) is 12.1. The van der Waals surface area contributed by atoms with Gasteiger partial charge in [0.05, 0.1) is 10.8 Å². The molecular formula is C30H31N3O3S. The summed E-state index contributed by atoms with van der Waals surface area (Å²) in [6.45, 7) is 0.639. The third-order valence-corrected chi connectivity index (χ3v) is 10.6. The Morgan fingerprint density at radius 2 is 1.68 bits per heavy atom. The maximum Gasteiger partial charge on any atom is 0.278 e. The van der Waals surface area contributed by atoms with Crippen LogP contribution in [0.5, 0.6) is 5.75 Å². The molecule has 0 bridgehead atoms. The fraction of sp³-hybridized carbons (Fsp3) is 0.400. The summed E-state index contributed by atoms with van der Waals surface area (Å²) in [5.74, 6) is -0.388. The average Bonchev–Trinajstić information content (AvgIpc) is 2.95. The van der Waals surface area contributed by atoms with Crippen LogP contribution in [0.15, 0.2) is 76.6 Å². The summed E-state index contributed by atoms with van der Waals surface area (Å²) in [6, 6.07) is 21.0. The molecule has 1 saturated carbocycles. The standard InChI is InChI=1S/C30H31N3O3S/c34-23-16-19-32-27(28(23)35)29(36)31-18-9-7-15-25(31)33(32)26-21-12-4-5-14-24(21)37-30(17-8-6-13-22(26)30)20-10-2-1-3-11-20/h1-5,10-12,14,16,19,22,25-26,35H,6-9,13,15,17-18H2. The number of hydrogen-bond donors (Lipinski definition) is 1. The van der Waals surface area contributed by atoms with Gasteiger partial charge >= 0.3 is 0 Å². The molecule has 1 saturated heterocycles. The lowest BCUT2D eigenvalue weighted by atomic mass is 9.69. The highest BCUT2D eigenvalue weighted by molar-refractivity contribution is 8.00. The summed E-state index contributed by atoms with van der Waals surface area (Å²) in [5, 5.41) is 13.2. The molecule has 0 radical (unpaired) electrons. The predicted molar refractivity (Wildman–Crippen MR) is 144 cm³/mol. The third-order valence-electron chi connectivity index (χ3n) is 8.91. The summed E-state index contributed by atoms with van der Waals surface area (Å²) in [6.07, 6.45) is 8.97. The Bertz CT molecular complexity index is 1420. The van der Waals surface area contributed by atoms with E-state index in [1.54, 1.807) is 6.20 Å². The number of fused-ring (bicyclic) bond motifs is 4. The molecule has 6 nitrogen and oxygen atoms in total. The Balaban J connectivity index is 1.49. The minimum atomic E-state index is -0.508. The van der Waals surface area contributed by atoms with Crippen molar-refractivity contribution in [3.8, 4) is 5.75 Å². The molecule has 1 amide bonds. The van der Waals surface area contributed by atoms with Crippen LogP contribution in [0.25, 0.3) is 0 Å². The van der Waals surface area contributed by atoms with E-state index in [-0.39, 0.29) is 28.6 Å². The fourth-order valence-corrected chi connectivity index (χ4v) is 9.08. The van der Waals surface area contributed by atoms with Crippen LogP contribution >= 0.6 is 11.8 Å². The second-order valence-electron chi connectivity index (χ2n) is 10.8. The van der Waals surface area contributed by atoms with E-state index in [0.29, 0.717) is 12.5 Å². The zero-order valence-electron chi connectivity index (χ0n) is 20.8. The molecule has 4 unspecified atom stereocenters. The monoisotopic (exact) mass is 513 g/mol. The molecule has 2 fully saturated rings. The van der Waals surface area contributed by atoms with Crippen LogP contribution in [-0.4, -0.2) is 33.3 Å². The molecule has 0 spiro atoms. The van der Waals surface area contributed by atoms with Crippen molar-refractivity contribution in [2.24, 2.45) is 5.92 Å². The van der Waals surface area contributed by atoms with Crippen LogP contribution in [0.2, 0.25) is 0 Å². The minimum absolute atomic E-state index is 0.00249. The van der Waals surface area contributed by atoms with Crippen molar-refractivity contribution < 1.29 is 9.90 Å². The topological polar surface area (TPSA) is 65.8 Å². The van der Waals surface area contributed by atoms with Crippen LogP contribution in [-0.2, 0) is 4.75 Å². The summed E-state index contributed by atoms with van der Waals surface area (Å²) in [5.41, 5.74) is 2.23. The van der Waals surface area contributed by atoms with E-state index < -0.39 is 11.2 Å². The number of piperidine rings is 1. The molecule has 1 N–H and O–H groups in total. The summed E-state index contributed by atoms with van der Waals surface area (Å²) in [7, 11) is 0. The lowest BCUT2D eigenvalue weighted by molar-refractivity contribution is 0.0395. The maximum absolute atomic E-state index is 13.6. The number of nitrogens with zero attached hydrogens (tertiary/aromatic N) is 3. The molecule has 3 aromatic rings. The number of hydrogen-bond acceptors (Lipinski definition) is 5. The van der Waals surface area contributed by atoms with Gasteiger partial charge in [-0.15, -0.1) is 11.8 Å². The Labute approximate surface area is 220 Å².